The molecule has 0 fully saturated rings. The summed E-state index contributed by atoms with van der Waals surface area (Å²) in [7, 11) is 0. The molecule has 0 radical (unpaired) electrons. The van der Waals surface area contributed by atoms with Gasteiger partial charge in [0.15, 0.2) is 5.03 Å². The van der Waals surface area contributed by atoms with Crippen molar-refractivity contribution in [2.24, 2.45) is 0 Å². The third kappa shape index (κ3) is 2.50. The molecule has 2 aromatic rings. The van der Waals surface area contributed by atoms with Crippen LogP contribution in [-0.2, 0) is 0 Å². The second-order valence-electron chi connectivity index (χ2n) is 3.03. The van der Waals surface area contributed by atoms with Gasteiger partial charge in [-0.2, -0.15) is 4.98 Å². The number of anilines is 1. The second-order valence-corrected chi connectivity index (χ2v) is 3.97. The number of nitrogen functional groups attached to an aromatic ring is 1. The van der Waals surface area contributed by atoms with Crippen LogP contribution in [-0.4, -0.2) is 19.9 Å². The normalized spacial score (nSPS) is 10.4. The topological polar surface area (TPSA) is 121 Å². The van der Waals surface area contributed by atoms with Crippen LogP contribution < -0.4 is 5.73 Å². The minimum Gasteiger partial charge on any atom is -0.439 e. The number of hydrogen-bond acceptors (Lipinski definition) is 8. The molecule has 17 heavy (non-hydrogen) atoms. The molecule has 0 spiro atoms. The number of hydrogen-bond donors (Lipinski definition) is 1. The first-order valence-electron chi connectivity index (χ1n) is 4.43. The summed E-state index contributed by atoms with van der Waals surface area (Å²) in [6.07, 6.45) is 2.50. The lowest BCUT2D eigenvalue weighted by atomic mass is 10.5. The van der Waals surface area contributed by atoms with E-state index in [4.69, 9.17) is 10.2 Å². The molecular formula is C8H7N5O3S. The third-order valence-electron chi connectivity index (χ3n) is 1.73. The predicted octanol–water partition coefficient (Wildman–Crippen LogP) is 1.41. The molecule has 0 aliphatic rings. The summed E-state index contributed by atoms with van der Waals surface area (Å²) in [5.41, 5.74) is 5.82. The number of oxazole rings is 1. The van der Waals surface area contributed by atoms with Gasteiger partial charge in [-0.15, -0.1) is 0 Å². The first-order valence-corrected chi connectivity index (χ1v) is 5.25. The fraction of sp³-hybridized carbons (Fsp3) is 0.125. The highest BCUT2D eigenvalue weighted by Gasteiger charge is 2.19. The summed E-state index contributed by atoms with van der Waals surface area (Å²) in [6, 6.07) is 0. The smallest absolute Gasteiger partial charge is 0.320 e. The molecule has 0 amide bonds. The maximum absolute atomic E-state index is 10.7. The van der Waals surface area contributed by atoms with Crippen molar-refractivity contribution >= 4 is 23.4 Å². The van der Waals surface area contributed by atoms with Crippen LogP contribution in [0.15, 0.2) is 27.1 Å². The average molecular weight is 253 g/mol. The Kier molecular flexibility index (Phi) is 2.91. The molecule has 9 heteroatoms. The van der Waals surface area contributed by atoms with E-state index in [9.17, 15) is 10.1 Å². The van der Waals surface area contributed by atoms with Crippen LogP contribution in [0.5, 0.6) is 0 Å². The highest BCUT2D eigenvalue weighted by atomic mass is 32.2. The summed E-state index contributed by atoms with van der Waals surface area (Å²) in [6.45, 7) is 1.75. The Morgan fingerprint density at radius 1 is 1.53 bits per heavy atom. The van der Waals surface area contributed by atoms with E-state index in [2.05, 4.69) is 15.0 Å². The molecule has 2 rings (SSSR count). The number of nitrogens with zero attached hydrogens (tertiary/aromatic N) is 4. The molecule has 0 aliphatic heterocycles. The zero-order valence-electron chi connectivity index (χ0n) is 8.65. The van der Waals surface area contributed by atoms with Gasteiger partial charge in [-0.1, -0.05) is 0 Å². The van der Waals surface area contributed by atoms with Crippen molar-refractivity contribution in [2.75, 3.05) is 5.73 Å². The van der Waals surface area contributed by atoms with Gasteiger partial charge in [0.2, 0.25) is 5.95 Å². The minimum atomic E-state index is -0.586. The number of aromatic nitrogens is 3. The lowest BCUT2D eigenvalue weighted by molar-refractivity contribution is -0.388. The standard InChI is InChI=1S/C8H7N5O3S/c1-4-3-16-8(11-4)17-6-5(13(14)15)2-10-7(9)12-6/h2-3H,1H3,(H2,9,10,12). The van der Waals surface area contributed by atoms with Crippen molar-refractivity contribution in [3.05, 3.63) is 28.3 Å². The maximum Gasteiger partial charge on any atom is 0.320 e. The monoisotopic (exact) mass is 253 g/mol. The first-order chi connectivity index (χ1) is 8.06. The van der Waals surface area contributed by atoms with Crippen molar-refractivity contribution in [3.63, 3.8) is 0 Å². The molecule has 0 atom stereocenters. The summed E-state index contributed by atoms with van der Waals surface area (Å²) >= 11 is 0.927. The summed E-state index contributed by atoms with van der Waals surface area (Å²) in [5, 5.41) is 11.1. The average Bonchev–Trinajstić information content (AvgIpc) is 2.63. The van der Waals surface area contributed by atoms with E-state index in [0.29, 0.717) is 5.69 Å². The van der Waals surface area contributed by atoms with Crippen molar-refractivity contribution in [1.82, 2.24) is 15.0 Å². The second kappa shape index (κ2) is 4.37. The quantitative estimate of drug-likeness (QED) is 0.495. The van der Waals surface area contributed by atoms with Gasteiger partial charge >= 0.3 is 5.69 Å². The van der Waals surface area contributed by atoms with Gasteiger partial charge < -0.3 is 10.2 Å². The zero-order chi connectivity index (χ0) is 12.4. The third-order valence-corrected chi connectivity index (χ3v) is 2.59. The molecule has 88 valence electrons. The van der Waals surface area contributed by atoms with E-state index in [-0.39, 0.29) is 21.9 Å². The van der Waals surface area contributed by atoms with Crippen LogP contribution in [0, 0.1) is 17.0 Å². The Labute approximate surface area is 99.4 Å². The molecule has 2 N–H and O–H groups in total. The Balaban J connectivity index is 2.37. The fourth-order valence-corrected chi connectivity index (χ4v) is 1.86. The molecule has 2 heterocycles. The van der Waals surface area contributed by atoms with Gasteiger partial charge in [-0.3, -0.25) is 10.1 Å². The molecule has 0 saturated carbocycles. The largest absolute Gasteiger partial charge is 0.439 e. The Hall–Kier alpha value is -2.16. The van der Waals surface area contributed by atoms with Crippen LogP contribution in [0.3, 0.4) is 0 Å². The van der Waals surface area contributed by atoms with E-state index in [1.165, 1.54) is 6.26 Å². The van der Waals surface area contributed by atoms with Gasteiger partial charge in [0.1, 0.15) is 12.5 Å². The van der Waals surface area contributed by atoms with E-state index < -0.39 is 4.92 Å². The van der Waals surface area contributed by atoms with Gasteiger partial charge in [0, 0.05) is 0 Å². The highest BCUT2D eigenvalue weighted by Crippen LogP contribution is 2.32. The molecule has 0 aromatic carbocycles. The number of aryl methyl sites for hydroxylation is 1. The number of nitrogens with two attached hydrogens (primary N) is 1. The van der Waals surface area contributed by atoms with Crippen LogP contribution in [0.2, 0.25) is 0 Å². The van der Waals surface area contributed by atoms with Crippen molar-refractivity contribution < 1.29 is 9.34 Å². The number of rotatable bonds is 3. The summed E-state index contributed by atoms with van der Waals surface area (Å²) in [5.74, 6) is -0.0404. The molecule has 0 unspecified atom stereocenters. The lowest BCUT2D eigenvalue weighted by Crippen LogP contribution is -2.00. The van der Waals surface area contributed by atoms with Crippen LogP contribution >= 0.6 is 11.8 Å². The predicted molar refractivity (Wildman–Crippen MR) is 58.5 cm³/mol. The Morgan fingerprint density at radius 2 is 2.29 bits per heavy atom. The van der Waals surface area contributed by atoms with Crippen LogP contribution in [0.1, 0.15) is 5.69 Å². The van der Waals surface area contributed by atoms with E-state index in [1.54, 1.807) is 6.92 Å². The first kappa shape index (κ1) is 11.3. The van der Waals surface area contributed by atoms with E-state index >= 15 is 0 Å². The fourth-order valence-electron chi connectivity index (χ4n) is 1.03. The summed E-state index contributed by atoms with van der Waals surface area (Å²) < 4.78 is 5.07. The van der Waals surface area contributed by atoms with E-state index in [0.717, 1.165) is 18.0 Å². The molecule has 8 nitrogen and oxygen atoms in total. The minimum absolute atomic E-state index is 0.0404. The van der Waals surface area contributed by atoms with Crippen LogP contribution in [0.25, 0.3) is 0 Å². The molecular weight excluding hydrogens is 246 g/mol. The molecule has 0 bridgehead atoms. The molecule has 0 aliphatic carbocycles. The Morgan fingerprint density at radius 3 is 2.88 bits per heavy atom. The highest BCUT2D eigenvalue weighted by molar-refractivity contribution is 7.99. The van der Waals surface area contributed by atoms with Crippen LogP contribution in [0.4, 0.5) is 11.6 Å². The SMILES string of the molecule is Cc1coc(Sc2nc(N)ncc2[N+](=O)[O-])n1. The number of nitro groups is 1. The zero-order valence-corrected chi connectivity index (χ0v) is 9.47. The van der Waals surface area contributed by atoms with E-state index in [1.807, 2.05) is 0 Å². The van der Waals surface area contributed by atoms with Crippen molar-refractivity contribution in [2.45, 2.75) is 17.2 Å². The van der Waals surface area contributed by atoms with Crippen molar-refractivity contribution in [1.29, 1.82) is 0 Å². The summed E-state index contributed by atoms with van der Waals surface area (Å²) in [4.78, 5) is 21.5. The lowest BCUT2D eigenvalue weighted by Gasteiger charge is -1.98. The molecule has 2 aromatic heterocycles. The van der Waals surface area contributed by atoms with Crippen molar-refractivity contribution in [3.8, 4) is 0 Å². The van der Waals surface area contributed by atoms with Gasteiger partial charge in [0.25, 0.3) is 5.22 Å². The maximum atomic E-state index is 10.7. The molecule has 0 saturated heterocycles. The van der Waals surface area contributed by atoms with Gasteiger partial charge in [0.05, 0.1) is 10.6 Å². The van der Waals surface area contributed by atoms with Gasteiger partial charge in [-0.25, -0.2) is 9.97 Å². The Bertz CT molecular complexity index is 570. The van der Waals surface area contributed by atoms with Gasteiger partial charge in [-0.05, 0) is 18.7 Å².